The molecule has 9 heteroatoms. The summed E-state index contributed by atoms with van der Waals surface area (Å²) in [5.74, 6) is 2.81. The number of sulfonamides is 1. The van der Waals surface area contributed by atoms with Crippen molar-refractivity contribution in [2.75, 3.05) is 44.4 Å². The highest BCUT2D eigenvalue weighted by Crippen LogP contribution is 2.30. The summed E-state index contributed by atoms with van der Waals surface area (Å²) in [5, 5.41) is 0. The summed E-state index contributed by atoms with van der Waals surface area (Å²) < 4.78 is 38.9. The second-order valence-electron chi connectivity index (χ2n) is 8.73. The van der Waals surface area contributed by atoms with Gasteiger partial charge in [-0.15, -0.1) is 0 Å². The number of benzene rings is 1. The molecule has 0 saturated carbocycles. The summed E-state index contributed by atoms with van der Waals surface area (Å²) in [6.07, 6.45) is 4.39. The maximum atomic E-state index is 13.5. The van der Waals surface area contributed by atoms with Crippen LogP contribution in [0.15, 0.2) is 29.2 Å². The molecular formula is C23H34N2O5S2. The monoisotopic (exact) mass is 482 g/mol. The first-order valence-electron chi connectivity index (χ1n) is 11.7. The Morgan fingerprint density at radius 1 is 1.19 bits per heavy atom. The highest BCUT2D eigenvalue weighted by atomic mass is 32.2. The summed E-state index contributed by atoms with van der Waals surface area (Å²) >= 11 is 1.91. The van der Waals surface area contributed by atoms with Gasteiger partial charge in [-0.1, -0.05) is 0 Å². The van der Waals surface area contributed by atoms with E-state index in [0.29, 0.717) is 44.8 Å². The Balaban J connectivity index is 1.38. The minimum absolute atomic E-state index is 0.117. The number of thioether (sulfide) groups is 1. The number of carbonyl (C=O) groups is 1. The van der Waals surface area contributed by atoms with Crippen molar-refractivity contribution >= 4 is 27.7 Å². The maximum Gasteiger partial charge on any atom is 0.243 e. The number of ether oxygens (including phenoxy) is 2. The van der Waals surface area contributed by atoms with Crippen LogP contribution in [0.4, 0.5) is 0 Å². The van der Waals surface area contributed by atoms with Crippen LogP contribution >= 0.6 is 11.8 Å². The summed E-state index contributed by atoms with van der Waals surface area (Å²) in [6, 6.07) is 6.85. The van der Waals surface area contributed by atoms with Gasteiger partial charge in [-0.2, -0.15) is 16.1 Å². The molecular weight excluding hydrogens is 448 g/mol. The zero-order valence-electron chi connectivity index (χ0n) is 18.8. The van der Waals surface area contributed by atoms with E-state index in [0.717, 1.165) is 37.4 Å². The average Bonchev–Trinajstić information content (AvgIpc) is 3.52. The van der Waals surface area contributed by atoms with E-state index in [1.54, 1.807) is 24.3 Å². The molecule has 3 aliphatic heterocycles. The molecule has 1 aromatic carbocycles. The van der Waals surface area contributed by atoms with Crippen LogP contribution in [0.2, 0.25) is 0 Å². The lowest BCUT2D eigenvalue weighted by Crippen LogP contribution is -2.50. The Labute approximate surface area is 195 Å². The summed E-state index contributed by atoms with van der Waals surface area (Å²) in [6.45, 7) is 4.64. The van der Waals surface area contributed by atoms with Crippen LogP contribution in [-0.2, 0) is 19.6 Å². The van der Waals surface area contributed by atoms with Crippen LogP contribution in [0, 0.1) is 5.92 Å². The molecule has 4 rings (SSSR count). The largest absolute Gasteiger partial charge is 0.494 e. The predicted octanol–water partition coefficient (Wildman–Crippen LogP) is 3.00. The van der Waals surface area contributed by atoms with Crippen LogP contribution in [0.5, 0.6) is 5.75 Å². The SMILES string of the molecule is CCOc1ccc(S(=O)(=O)N2CCC(C(=O)N(CC3CCCO3)C3CCSC3)CC2)cc1. The molecule has 2 unspecified atom stereocenters. The van der Waals surface area contributed by atoms with E-state index in [1.165, 1.54) is 4.31 Å². The Hall–Kier alpha value is -1.29. The van der Waals surface area contributed by atoms with Crippen LogP contribution in [0.25, 0.3) is 0 Å². The van der Waals surface area contributed by atoms with Crippen LogP contribution in [0.1, 0.15) is 39.0 Å². The van der Waals surface area contributed by atoms with Crippen LogP contribution in [0.3, 0.4) is 0 Å². The van der Waals surface area contributed by atoms with Crippen molar-refractivity contribution in [2.24, 2.45) is 5.92 Å². The normalized spacial score (nSPS) is 25.2. The molecule has 0 aromatic heterocycles. The van der Waals surface area contributed by atoms with Crippen molar-refractivity contribution < 1.29 is 22.7 Å². The third kappa shape index (κ3) is 5.43. The number of hydrogen-bond acceptors (Lipinski definition) is 6. The molecule has 1 amide bonds. The van der Waals surface area contributed by atoms with Crippen molar-refractivity contribution in [3.05, 3.63) is 24.3 Å². The quantitative estimate of drug-likeness (QED) is 0.567. The van der Waals surface area contributed by atoms with Gasteiger partial charge in [0.05, 0.1) is 17.6 Å². The average molecular weight is 483 g/mol. The number of hydrogen-bond donors (Lipinski definition) is 0. The number of piperidine rings is 1. The van der Waals surface area contributed by atoms with E-state index < -0.39 is 10.0 Å². The van der Waals surface area contributed by atoms with Crippen LogP contribution < -0.4 is 4.74 Å². The molecule has 3 saturated heterocycles. The van der Waals surface area contributed by atoms with E-state index in [9.17, 15) is 13.2 Å². The van der Waals surface area contributed by atoms with Gasteiger partial charge >= 0.3 is 0 Å². The molecule has 178 valence electrons. The van der Waals surface area contributed by atoms with Gasteiger partial charge in [0.1, 0.15) is 5.75 Å². The lowest BCUT2D eigenvalue weighted by atomic mass is 9.95. The fourth-order valence-corrected chi connectivity index (χ4v) is 7.49. The van der Waals surface area contributed by atoms with Crippen molar-refractivity contribution in [3.8, 4) is 5.75 Å². The van der Waals surface area contributed by atoms with Gasteiger partial charge in [-0.25, -0.2) is 8.42 Å². The van der Waals surface area contributed by atoms with E-state index in [4.69, 9.17) is 9.47 Å². The van der Waals surface area contributed by atoms with Gasteiger partial charge in [-0.3, -0.25) is 4.79 Å². The molecule has 0 bridgehead atoms. The molecule has 3 fully saturated rings. The van der Waals surface area contributed by atoms with Gasteiger partial charge in [0.25, 0.3) is 0 Å². The number of carbonyl (C=O) groups excluding carboxylic acids is 1. The second-order valence-corrected chi connectivity index (χ2v) is 11.8. The Morgan fingerprint density at radius 3 is 2.53 bits per heavy atom. The maximum absolute atomic E-state index is 13.5. The Bertz CT molecular complexity index is 857. The molecule has 32 heavy (non-hydrogen) atoms. The lowest BCUT2D eigenvalue weighted by Gasteiger charge is -2.37. The van der Waals surface area contributed by atoms with Crippen molar-refractivity contribution in [1.29, 1.82) is 0 Å². The number of amides is 1. The van der Waals surface area contributed by atoms with Gasteiger partial charge < -0.3 is 14.4 Å². The third-order valence-electron chi connectivity index (χ3n) is 6.63. The molecule has 3 heterocycles. The first-order chi connectivity index (χ1) is 15.5. The fourth-order valence-electron chi connectivity index (χ4n) is 4.80. The summed E-state index contributed by atoms with van der Waals surface area (Å²) in [4.78, 5) is 15.8. The zero-order chi connectivity index (χ0) is 22.6. The summed E-state index contributed by atoms with van der Waals surface area (Å²) in [7, 11) is -3.57. The van der Waals surface area contributed by atoms with Gasteiger partial charge in [0.2, 0.25) is 15.9 Å². The molecule has 0 N–H and O–H groups in total. The van der Waals surface area contributed by atoms with Gasteiger partial charge in [0.15, 0.2) is 0 Å². The molecule has 7 nitrogen and oxygen atoms in total. The highest BCUT2D eigenvalue weighted by molar-refractivity contribution is 7.99. The van der Waals surface area contributed by atoms with Crippen molar-refractivity contribution in [1.82, 2.24) is 9.21 Å². The molecule has 0 aliphatic carbocycles. The second kappa shape index (κ2) is 10.8. The highest BCUT2D eigenvalue weighted by Gasteiger charge is 2.37. The van der Waals surface area contributed by atoms with E-state index in [-0.39, 0.29) is 28.9 Å². The first-order valence-corrected chi connectivity index (χ1v) is 14.3. The predicted molar refractivity (Wildman–Crippen MR) is 126 cm³/mol. The van der Waals surface area contributed by atoms with Crippen molar-refractivity contribution in [3.63, 3.8) is 0 Å². The molecule has 1 aromatic rings. The molecule has 0 spiro atoms. The Morgan fingerprint density at radius 2 is 1.94 bits per heavy atom. The minimum Gasteiger partial charge on any atom is -0.494 e. The summed E-state index contributed by atoms with van der Waals surface area (Å²) in [5.41, 5.74) is 0. The Kier molecular flexibility index (Phi) is 8.02. The molecule has 2 atom stereocenters. The fraction of sp³-hybridized carbons (Fsp3) is 0.696. The van der Waals surface area contributed by atoms with E-state index in [1.807, 2.05) is 18.7 Å². The van der Waals surface area contributed by atoms with Crippen molar-refractivity contribution in [2.45, 2.75) is 56.1 Å². The smallest absolute Gasteiger partial charge is 0.243 e. The first kappa shape index (κ1) is 23.9. The third-order valence-corrected chi connectivity index (χ3v) is 9.69. The lowest BCUT2D eigenvalue weighted by molar-refractivity contribution is -0.140. The number of nitrogens with zero attached hydrogens (tertiary/aromatic N) is 2. The zero-order valence-corrected chi connectivity index (χ0v) is 20.4. The van der Waals surface area contributed by atoms with Gasteiger partial charge in [-0.05, 0) is 69.0 Å². The number of rotatable bonds is 8. The van der Waals surface area contributed by atoms with E-state index >= 15 is 0 Å². The molecule has 0 radical (unpaired) electrons. The standard InChI is InChI=1S/C23H34N2O5S2/c1-2-29-20-5-7-22(8-6-20)32(27,28)24-12-9-18(10-13-24)23(26)25(19-11-15-31-17-19)16-21-4-3-14-30-21/h5-8,18-19,21H,2-4,9-17H2,1H3. The topological polar surface area (TPSA) is 76.2 Å². The van der Waals surface area contributed by atoms with Gasteiger partial charge in [0, 0.05) is 44.0 Å². The van der Waals surface area contributed by atoms with E-state index in [2.05, 4.69) is 4.90 Å². The van der Waals surface area contributed by atoms with Crippen LogP contribution in [-0.4, -0.2) is 80.0 Å². The molecule has 3 aliphatic rings. The minimum atomic E-state index is -3.57.